The van der Waals surface area contributed by atoms with Gasteiger partial charge < -0.3 is 29.4 Å². The van der Waals surface area contributed by atoms with Gasteiger partial charge in [0.15, 0.2) is 11.4 Å². The molecule has 1 unspecified atom stereocenters. The molecule has 0 spiro atoms. The minimum atomic E-state index is -1.20. The number of hydrogen-bond donors (Lipinski definition) is 2. The number of carbonyl (C=O) groups is 2. The van der Waals surface area contributed by atoms with Gasteiger partial charge in [0.05, 0.1) is 24.3 Å². The quantitative estimate of drug-likeness (QED) is 0.452. The number of methoxy groups -OCH3 is 1. The van der Waals surface area contributed by atoms with Gasteiger partial charge >= 0.3 is 0 Å². The lowest BCUT2D eigenvalue weighted by Gasteiger charge is -2.39. The van der Waals surface area contributed by atoms with Gasteiger partial charge in [-0.15, -0.1) is 0 Å². The molecule has 5 rings (SSSR count). The highest BCUT2D eigenvalue weighted by Gasteiger charge is 2.45. The van der Waals surface area contributed by atoms with E-state index < -0.39 is 76.7 Å². The number of rotatable bonds is 7. The fraction of sp³-hybridized carbons (Fsp3) is 0.345. The average molecular weight is 572 g/mol. The Kier molecular flexibility index (Phi) is 7.87. The van der Waals surface area contributed by atoms with Gasteiger partial charge in [-0.25, -0.2) is 13.2 Å². The molecular formula is C29H28F3N3O6. The van der Waals surface area contributed by atoms with Crippen molar-refractivity contribution in [3.63, 3.8) is 0 Å². The van der Waals surface area contributed by atoms with Crippen LogP contribution >= 0.6 is 0 Å². The molecule has 3 heterocycles. The monoisotopic (exact) mass is 571 g/mol. The van der Waals surface area contributed by atoms with Gasteiger partial charge in [0.2, 0.25) is 5.43 Å². The molecule has 2 N–H and O–H groups in total. The Labute approximate surface area is 233 Å². The van der Waals surface area contributed by atoms with Crippen molar-refractivity contribution >= 4 is 11.8 Å². The summed E-state index contributed by atoms with van der Waals surface area (Å²) in [6.45, 7) is 1.07. The molecule has 4 atom stereocenters. The van der Waals surface area contributed by atoms with E-state index in [1.54, 1.807) is 37.3 Å². The van der Waals surface area contributed by atoms with E-state index in [1.165, 1.54) is 22.8 Å². The third kappa shape index (κ3) is 5.32. The molecule has 3 aromatic rings. The number of halogens is 3. The van der Waals surface area contributed by atoms with Crippen molar-refractivity contribution in [2.24, 2.45) is 0 Å². The number of benzene rings is 2. The minimum absolute atomic E-state index is 0.0933. The van der Waals surface area contributed by atoms with E-state index in [9.17, 15) is 32.7 Å². The van der Waals surface area contributed by atoms with Gasteiger partial charge in [-0.05, 0) is 12.5 Å². The fourth-order valence-electron chi connectivity index (χ4n) is 5.32. The van der Waals surface area contributed by atoms with Gasteiger partial charge in [0.1, 0.15) is 29.6 Å². The Morgan fingerprint density at radius 3 is 2.46 bits per heavy atom. The van der Waals surface area contributed by atoms with Crippen LogP contribution < -0.4 is 15.5 Å². The Morgan fingerprint density at radius 1 is 1.12 bits per heavy atom. The lowest BCUT2D eigenvalue weighted by Crippen LogP contribution is -2.51. The molecule has 0 aliphatic carbocycles. The number of nitrogens with zero attached hydrogens (tertiary/aromatic N) is 2. The van der Waals surface area contributed by atoms with Gasteiger partial charge in [-0.2, -0.15) is 0 Å². The predicted molar refractivity (Wildman–Crippen MR) is 140 cm³/mol. The summed E-state index contributed by atoms with van der Waals surface area (Å²) in [6.07, 6.45) is -0.115. The van der Waals surface area contributed by atoms with E-state index in [1.807, 2.05) is 0 Å². The molecule has 1 fully saturated rings. The maximum Gasteiger partial charge on any atom is 0.274 e. The Balaban J connectivity index is 1.59. The lowest BCUT2D eigenvalue weighted by molar-refractivity contribution is 0.0213. The maximum absolute atomic E-state index is 14.2. The van der Waals surface area contributed by atoms with Gasteiger partial charge in [0, 0.05) is 50.5 Å². The zero-order chi connectivity index (χ0) is 29.4. The van der Waals surface area contributed by atoms with Crippen LogP contribution in [0.5, 0.6) is 5.75 Å². The van der Waals surface area contributed by atoms with Crippen LogP contribution in [0.25, 0.3) is 0 Å². The third-order valence-corrected chi connectivity index (χ3v) is 7.65. The van der Waals surface area contributed by atoms with E-state index in [0.717, 1.165) is 0 Å². The van der Waals surface area contributed by atoms with Gasteiger partial charge in [-0.3, -0.25) is 14.4 Å². The van der Waals surface area contributed by atoms with Crippen LogP contribution in [-0.4, -0.2) is 58.3 Å². The lowest BCUT2D eigenvalue weighted by atomic mass is 10.0. The zero-order valence-corrected chi connectivity index (χ0v) is 22.3. The first-order valence-corrected chi connectivity index (χ1v) is 13.0. The summed E-state index contributed by atoms with van der Waals surface area (Å²) in [7, 11) is 1.46. The molecule has 1 saturated heterocycles. The van der Waals surface area contributed by atoms with Gasteiger partial charge in [-0.1, -0.05) is 30.3 Å². The third-order valence-electron chi connectivity index (χ3n) is 7.65. The number of nitrogens with one attached hydrogen (secondary N) is 1. The molecule has 12 heteroatoms. The largest absolute Gasteiger partial charge is 0.483 e. The molecule has 41 heavy (non-hydrogen) atoms. The Hall–Kier alpha value is -4.16. The molecule has 2 aliphatic rings. The second-order valence-corrected chi connectivity index (χ2v) is 10.1. The first-order valence-electron chi connectivity index (χ1n) is 13.0. The van der Waals surface area contributed by atoms with Crippen molar-refractivity contribution in [2.45, 2.75) is 50.8 Å². The number of pyridine rings is 1. The molecule has 9 nitrogen and oxygen atoms in total. The van der Waals surface area contributed by atoms with Crippen LogP contribution in [-0.2, 0) is 17.9 Å². The van der Waals surface area contributed by atoms with Crippen LogP contribution in [0, 0.1) is 17.5 Å². The van der Waals surface area contributed by atoms with Gasteiger partial charge in [0.25, 0.3) is 11.8 Å². The summed E-state index contributed by atoms with van der Waals surface area (Å²) in [5.41, 5.74) is -1.33. The zero-order valence-electron chi connectivity index (χ0n) is 22.3. The number of aliphatic hydroxyl groups excluding tert-OH is 1. The summed E-state index contributed by atoms with van der Waals surface area (Å²) >= 11 is 0. The molecule has 2 amide bonds. The van der Waals surface area contributed by atoms with Crippen molar-refractivity contribution in [3.05, 3.63) is 98.7 Å². The molecule has 0 saturated carbocycles. The van der Waals surface area contributed by atoms with Crippen molar-refractivity contribution < 1.29 is 37.3 Å². The number of hydrogen-bond acceptors (Lipinski definition) is 6. The highest BCUT2D eigenvalue weighted by atomic mass is 19.1. The summed E-state index contributed by atoms with van der Waals surface area (Å²) < 4.78 is 54.7. The number of ether oxygens (including phenoxy) is 2. The second kappa shape index (κ2) is 11.4. The van der Waals surface area contributed by atoms with E-state index in [-0.39, 0.29) is 31.0 Å². The summed E-state index contributed by atoms with van der Waals surface area (Å²) in [5.74, 6) is -5.43. The van der Waals surface area contributed by atoms with E-state index in [4.69, 9.17) is 9.47 Å². The van der Waals surface area contributed by atoms with Crippen molar-refractivity contribution in [3.8, 4) is 5.75 Å². The van der Waals surface area contributed by atoms with Crippen molar-refractivity contribution in [1.82, 2.24) is 14.8 Å². The van der Waals surface area contributed by atoms with Crippen LogP contribution in [0.3, 0.4) is 0 Å². The number of amides is 2. The fourth-order valence-corrected chi connectivity index (χ4v) is 5.32. The van der Waals surface area contributed by atoms with Crippen LogP contribution in [0.2, 0.25) is 0 Å². The Bertz CT molecular complexity index is 1520. The number of aliphatic hydroxyl groups is 1. The molecule has 1 aromatic heterocycles. The maximum atomic E-state index is 14.2. The predicted octanol–water partition coefficient (Wildman–Crippen LogP) is 2.94. The molecular weight excluding hydrogens is 543 g/mol. The number of fused-ring (bicyclic) bond motifs is 4. The van der Waals surface area contributed by atoms with Crippen molar-refractivity contribution in [1.29, 1.82) is 0 Å². The smallest absolute Gasteiger partial charge is 0.274 e. The second-order valence-electron chi connectivity index (χ2n) is 10.1. The molecule has 2 aromatic carbocycles. The normalized spacial score (nSPS) is 21.7. The molecule has 0 radical (unpaired) electrons. The standard InChI is InChI=1S/C29H28F3N3O6/c1-15-23(36)10-24(40-2)22-13-34(15)29(39)25-27(41-14-16-6-4-3-5-7-16)26(37)19(12-35(22)25)28(38)33-11-18-20(31)8-17(30)9-21(18)32/h3-9,12,15,22-24,36H,10-11,13-14H2,1-2H3,(H,33,38)/t15-,22?,23-,24-/m0/s1. The highest BCUT2D eigenvalue weighted by molar-refractivity contribution is 5.99. The first kappa shape index (κ1) is 28.4. The molecule has 216 valence electrons. The Morgan fingerprint density at radius 2 is 1.80 bits per heavy atom. The molecule has 2 aliphatic heterocycles. The topological polar surface area (TPSA) is 110 Å². The summed E-state index contributed by atoms with van der Waals surface area (Å²) in [4.78, 5) is 42.1. The number of carbonyl (C=O) groups excluding carboxylic acids is 2. The average Bonchev–Trinajstić information content (AvgIpc) is 3.05. The van der Waals surface area contributed by atoms with E-state index in [0.29, 0.717) is 17.7 Å². The van der Waals surface area contributed by atoms with E-state index in [2.05, 4.69) is 5.32 Å². The first-order chi connectivity index (χ1) is 19.6. The van der Waals surface area contributed by atoms with Crippen molar-refractivity contribution in [2.75, 3.05) is 13.7 Å². The molecule has 2 bridgehead atoms. The van der Waals surface area contributed by atoms with E-state index >= 15 is 0 Å². The minimum Gasteiger partial charge on any atom is -0.483 e. The number of aromatic nitrogens is 1. The highest BCUT2D eigenvalue weighted by Crippen LogP contribution is 2.36. The van der Waals surface area contributed by atoms with Crippen LogP contribution in [0.15, 0.2) is 53.5 Å². The van der Waals surface area contributed by atoms with Crippen LogP contribution in [0.4, 0.5) is 13.2 Å². The summed E-state index contributed by atoms with van der Waals surface area (Å²) in [5, 5.41) is 13.0. The van der Waals surface area contributed by atoms with Crippen LogP contribution in [0.1, 0.15) is 51.4 Å². The SMILES string of the molecule is CO[C@H]1C[C@H](O)[C@H](C)N2CC1n1cc(C(=O)NCc3c(F)cc(F)cc3F)c(=O)c(OCc3ccccc3)c1C2=O. The summed E-state index contributed by atoms with van der Waals surface area (Å²) in [6, 6.07) is 8.66.